The van der Waals surface area contributed by atoms with E-state index >= 15 is 0 Å². The average Bonchev–Trinajstić information content (AvgIpc) is 2.95. The number of nitrogens with zero attached hydrogens (tertiary/aromatic N) is 5. The molecular weight excluding hydrogens is 308 g/mol. The molecule has 0 radical (unpaired) electrons. The molecule has 2 amide bonds. The summed E-state index contributed by atoms with van der Waals surface area (Å²) in [7, 11) is 3.61. The van der Waals surface area contributed by atoms with Crippen molar-refractivity contribution in [2.75, 3.05) is 36.9 Å². The van der Waals surface area contributed by atoms with E-state index in [2.05, 4.69) is 15.4 Å². The number of aromatic nitrogens is 3. The highest BCUT2D eigenvalue weighted by atomic mass is 16.2. The highest BCUT2D eigenvalue weighted by Crippen LogP contribution is 2.17. The van der Waals surface area contributed by atoms with Gasteiger partial charge in [-0.2, -0.15) is 5.10 Å². The van der Waals surface area contributed by atoms with Gasteiger partial charge in [0, 0.05) is 33.4 Å². The first-order valence-corrected chi connectivity index (χ1v) is 7.73. The minimum absolute atomic E-state index is 0.0927. The van der Waals surface area contributed by atoms with Crippen molar-refractivity contribution >= 4 is 23.3 Å². The number of carbonyl (C=O) groups is 2. The summed E-state index contributed by atoms with van der Waals surface area (Å²) < 4.78 is 1.66. The summed E-state index contributed by atoms with van der Waals surface area (Å²) in [6, 6.07) is 3.62. The van der Waals surface area contributed by atoms with Gasteiger partial charge in [-0.25, -0.2) is 4.98 Å². The monoisotopic (exact) mass is 328 g/mol. The summed E-state index contributed by atoms with van der Waals surface area (Å²) in [5.41, 5.74) is 1.73. The predicted molar refractivity (Wildman–Crippen MR) is 89.6 cm³/mol. The topological polar surface area (TPSA) is 83.4 Å². The van der Waals surface area contributed by atoms with Gasteiger partial charge in [0.1, 0.15) is 5.82 Å². The van der Waals surface area contributed by atoms with Crippen LogP contribution in [-0.2, 0) is 23.1 Å². The van der Waals surface area contributed by atoms with Gasteiger partial charge in [-0.3, -0.25) is 14.3 Å². The SMILES string of the molecule is CN1CCN(c2ccc(NC(=O)Cc3cnn(C)c3)nc2)CC1=O. The quantitative estimate of drug-likeness (QED) is 0.871. The van der Waals surface area contributed by atoms with Crippen LogP contribution in [0.3, 0.4) is 0 Å². The van der Waals surface area contributed by atoms with Crippen LogP contribution in [0.5, 0.6) is 0 Å². The molecule has 126 valence electrons. The molecule has 3 rings (SSSR count). The minimum atomic E-state index is -0.141. The Balaban J connectivity index is 1.58. The largest absolute Gasteiger partial charge is 0.359 e. The summed E-state index contributed by atoms with van der Waals surface area (Å²) in [6.07, 6.45) is 5.41. The highest BCUT2D eigenvalue weighted by molar-refractivity contribution is 5.91. The average molecular weight is 328 g/mol. The Morgan fingerprint density at radius 3 is 2.71 bits per heavy atom. The molecule has 1 saturated heterocycles. The molecule has 2 aromatic heterocycles. The fourth-order valence-electron chi connectivity index (χ4n) is 2.56. The van der Waals surface area contributed by atoms with Crippen LogP contribution >= 0.6 is 0 Å². The lowest BCUT2D eigenvalue weighted by molar-refractivity contribution is -0.129. The Bertz CT molecular complexity index is 739. The Morgan fingerprint density at radius 1 is 1.25 bits per heavy atom. The predicted octanol–water partition coefficient (Wildman–Crippen LogP) is 0.275. The maximum atomic E-state index is 12.0. The molecular formula is C16H20N6O2. The third-order valence-electron chi connectivity index (χ3n) is 3.96. The van der Waals surface area contributed by atoms with Crippen LogP contribution in [0.2, 0.25) is 0 Å². The highest BCUT2D eigenvalue weighted by Gasteiger charge is 2.21. The number of carbonyl (C=O) groups excluding carboxylic acids is 2. The fourth-order valence-corrected chi connectivity index (χ4v) is 2.56. The van der Waals surface area contributed by atoms with Crippen LogP contribution in [0, 0.1) is 0 Å². The van der Waals surface area contributed by atoms with Crippen molar-refractivity contribution < 1.29 is 9.59 Å². The van der Waals surface area contributed by atoms with E-state index in [9.17, 15) is 9.59 Å². The van der Waals surface area contributed by atoms with Gasteiger partial charge >= 0.3 is 0 Å². The zero-order valence-corrected chi connectivity index (χ0v) is 13.8. The maximum Gasteiger partial charge on any atom is 0.241 e. The second-order valence-corrected chi connectivity index (χ2v) is 5.89. The molecule has 3 heterocycles. The minimum Gasteiger partial charge on any atom is -0.359 e. The number of hydrogen-bond donors (Lipinski definition) is 1. The molecule has 0 atom stereocenters. The smallest absolute Gasteiger partial charge is 0.241 e. The summed E-state index contributed by atoms with van der Waals surface area (Å²) in [5.74, 6) is 0.446. The normalized spacial score (nSPS) is 14.8. The number of aryl methyl sites for hydroxylation is 1. The van der Waals surface area contributed by atoms with Crippen LogP contribution in [0.1, 0.15) is 5.56 Å². The van der Waals surface area contributed by atoms with E-state index in [1.54, 1.807) is 41.3 Å². The van der Waals surface area contributed by atoms with Crippen molar-refractivity contribution in [2.45, 2.75) is 6.42 Å². The Morgan fingerprint density at radius 2 is 2.08 bits per heavy atom. The van der Waals surface area contributed by atoms with Crippen molar-refractivity contribution in [1.29, 1.82) is 0 Å². The molecule has 0 unspecified atom stereocenters. The van der Waals surface area contributed by atoms with E-state index in [-0.39, 0.29) is 18.2 Å². The van der Waals surface area contributed by atoms with E-state index < -0.39 is 0 Å². The van der Waals surface area contributed by atoms with E-state index in [0.29, 0.717) is 18.9 Å². The number of hydrogen-bond acceptors (Lipinski definition) is 5. The van der Waals surface area contributed by atoms with Gasteiger partial charge in [0.2, 0.25) is 11.8 Å². The second-order valence-electron chi connectivity index (χ2n) is 5.89. The number of anilines is 2. The van der Waals surface area contributed by atoms with Gasteiger partial charge in [-0.1, -0.05) is 0 Å². The molecule has 0 spiro atoms. The van der Waals surface area contributed by atoms with Crippen molar-refractivity contribution in [3.63, 3.8) is 0 Å². The molecule has 0 aromatic carbocycles. The lowest BCUT2D eigenvalue weighted by Crippen LogP contribution is -2.48. The molecule has 0 saturated carbocycles. The first kappa shape index (κ1) is 16.0. The number of amides is 2. The summed E-state index contributed by atoms with van der Waals surface area (Å²) in [5, 5.41) is 6.80. The van der Waals surface area contributed by atoms with Crippen molar-refractivity contribution in [3.8, 4) is 0 Å². The lowest BCUT2D eigenvalue weighted by atomic mass is 10.2. The van der Waals surface area contributed by atoms with Gasteiger partial charge in [-0.05, 0) is 17.7 Å². The van der Waals surface area contributed by atoms with Crippen LogP contribution in [0.4, 0.5) is 11.5 Å². The first-order chi connectivity index (χ1) is 11.5. The number of nitrogens with one attached hydrogen (secondary N) is 1. The number of pyridine rings is 1. The molecule has 1 fully saturated rings. The van der Waals surface area contributed by atoms with Crippen LogP contribution < -0.4 is 10.2 Å². The molecule has 1 aliphatic heterocycles. The number of piperazine rings is 1. The molecule has 0 aliphatic carbocycles. The van der Waals surface area contributed by atoms with E-state index in [1.807, 2.05) is 18.0 Å². The fraction of sp³-hybridized carbons (Fsp3) is 0.375. The van der Waals surface area contributed by atoms with Crippen molar-refractivity contribution in [3.05, 3.63) is 36.3 Å². The molecule has 8 nitrogen and oxygen atoms in total. The Kier molecular flexibility index (Phi) is 4.45. The molecule has 2 aromatic rings. The van der Waals surface area contributed by atoms with Crippen molar-refractivity contribution in [2.24, 2.45) is 7.05 Å². The van der Waals surface area contributed by atoms with Gasteiger partial charge in [-0.15, -0.1) is 0 Å². The Labute approximate surface area is 140 Å². The molecule has 1 aliphatic rings. The third kappa shape index (κ3) is 3.70. The summed E-state index contributed by atoms with van der Waals surface area (Å²) in [4.78, 5) is 31.7. The van der Waals surface area contributed by atoms with E-state index in [1.165, 1.54) is 0 Å². The maximum absolute atomic E-state index is 12.0. The molecule has 1 N–H and O–H groups in total. The molecule has 0 bridgehead atoms. The number of rotatable bonds is 4. The first-order valence-electron chi connectivity index (χ1n) is 7.73. The molecule has 24 heavy (non-hydrogen) atoms. The standard InChI is InChI=1S/C16H20N6O2/c1-20-5-6-22(11-16(20)24)13-3-4-14(17-9-13)19-15(23)7-12-8-18-21(2)10-12/h3-4,8-10H,5-7,11H2,1-2H3,(H,17,19,23). The van der Waals surface area contributed by atoms with Gasteiger partial charge < -0.3 is 15.1 Å². The summed E-state index contributed by atoms with van der Waals surface area (Å²) >= 11 is 0. The second kappa shape index (κ2) is 6.69. The van der Waals surface area contributed by atoms with Crippen LogP contribution in [-0.4, -0.2) is 58.2 Å². The van der Waals surface area contributed by atoms with Crippen LogP contribution in [0.25, 0.3) is 0 Å². The van der Waals surface area contributed by atoms with E-state index in [4.69, 9.17) is 0 Å². The zero-order valence-electron chi connectivity index (χ0n) is 13.8. The van der Waals surface area contributed by atoms with Crippen LogP contribution in [0.15, 0.2) is 30.7 Å². The number of likely N-dealkylation sites (N-methyl/N-ethyl adjacent to an activating group) is 1. The van der Waals surface area contributed by atoms with Gasteiger partial charge in [0.25, 0.3) is 0 Å². The third-order valence-corrected chi connectivity index (χ3v) is 3.96. The van der Waals surface area contributed by atoms with E-state index in [0.717, 1.165) is 17.8 Å². The van der Waals surface area contributed by atoms with Gasteiger partial charge in [0.05, 0.1) is 31.0 Å². The summed E-state index contributed by atoms with van der Waals surface area (Å²) in [6.45, 7) is 1.82. The van der Waals surface area contributed by atoms with Gasteiger partial charge in [0.15, 0.2) is 0 Å². The lowest BCUT2D eigenvalue weighted by Gasteiger charge is -2.33. The Hall–Kier alpha value is -2.90. The molecule has 8 heteroatoms. The van der Waals surface area contributed by atoms with Crippen molar-refractivity contribution in [1.82, 2.24) is 19.7 Å². The zero-order chi connectivity index (χ0) is 17.1.